The molecular formula is C14H20N4O. The molecule has 0 radical (unpaired) electrons. The summed E-state index contributed by atoms with van der Waals surface area (Å²) in [7, 11) is 1.91. The molecule has 0 bridgehead atoms. The molecule has 0 aliphatic heterocycles. The van der Waals surface area contributed by atoms with E-state index in [9.17, 15) is 0 Å². The van der Waals surface area contributed by atoms with E-state index in [0.29, 0.717) is 6.61 Å². The number of rotatable bonds is 6. The van der Waals surface area contributed by atoms with Gasteiger partial charge in [0.2, 0.25) is 0 Å². The van der Waals surface area contributed by atoms with Gasteiger partial charge in [-0.15, -0.1) is 0 Å². The van der Waals surface area contributed by atoms with E-state index in [1.807, 2.05) is 50.5 Å². The van der Waals surface area contributed by atoms with Crippen LogP contribution in [0.2, 0.25) is 0 Å². The van der Waals surface area contributed by atoms with Crippen molar-refractivity contribution < 1.29 is 4.74 Å². The molecule has 2 rings (SSSR count). The van der Waals surface area contributed by atoms with Gasteiger partial charge in [-0.1, -0.05) is 12.1 Å². The molecule has 0 amide bonds. The summed E-state index contributed by atoms with van der Waals surface area (Å²) in [4.78, 5) is 0. The fraction of sp³-hybridized carbons (Fsp3) is 0.357. The number of aryl methyl sites for hydroxylation is 1. The smallest absolute Gasteiger partial charge is 0.119 e. The highest BCUT2D eigenvalue weighted by molar-refractivity contribution is 5.29. The van der Waals surface area contributed by atoms with Crippen LogP contribution in [0.5, 0.6) is 5.75 Å². The average molecular weight is 260 g/mol. The van der Waals surface area contributed by atoms with Crippen molar-refractivity contribution in [2.75, 3.05) is 6.61 Å². The van der Waals surface area contributed by atoms with Gasteiger partial charge in [0.05, 0.1) is 18.3 Å². The van der Waals surface area contributed by atoms with Crippen molar-refractivity contribution in [3.8, 4) is 5.75 Å². The molecule has 102 valence electrons. The number of nitrogens with two attached hydrogens (primary N) is 1. The Kier molecular flexibility index (Phi) is 4.54. The lowest BCUT2D eigenvalue weighted by Gasteiger charge is -2.15. The zero-order chi connectivity index (χ0) is 13.7. The molecule has 0 spiro atoms. The van der Waals surface area contributed by atoms with Crippen LogP contribution in [-0.4, -0.2) is 16.4 Å². The van der Waals surface area contributed by atoms with E-state index in [1.54, 1.807) is 4.68 Å². The van der Waals surface area contributed by atoms with Crippen LogP contribution in [0, 0.1) is 0 Å². The van der Waals surface area contributed by atoms with Crippen molar-refractivity contribution in [3.05, 3.63) is 47.8 Å². The Morgan fingerprint density at radius 1 is 1.32 bits per heavy atom. The summed E-state index contributed by atoms with van der Waals surface area (Å²) < 4.78 is 7.22. The summed E-state index contributed by atoms with van der Waals surface area (Å²) >= 11 is 0. The van der Waals surface area contributed by atoms with Gasteiger partial charge in [0.1, 0.15) is 5.75 Å². The standard InChI is InChI=1S/C14H20N4O/c1-3-19-13-6-4-11(5-7-13)14(16-15)10-12-8-9-18(2)17-12/h4-9,14,16H,3,10,15H2,1-2H3. The van der Waals surface area contributed by atoms with Crippen molar-refractivity contribution >= 4 is 0 Å². The van der Waals surface area contributed by atoms with Crippen LogP contribution in [0.3, 0.4) is 0 Å². The monoisotopic (exact) mass is 260 g/mol. The number of hydrogen-bond donors (Lipinski definition) is 2. The maximum absolute atomic E-state index is 5.64. The first-order chi connectivity index (χ1) is 9.22. The molecule has 1 unspecified atom stereocenters. The Balaban J connectivity index is 2.08. The molecule has 3 N–H and O–H groups in total. The van der Waals surface area contributed by atoms with E-state index in [1.165, 1.54) is 0 Å². The third-order valence-corrected chi connectivity index (χ3v) is 2.98. The summed E-state index contributed by atoms with van der Waals surface area (Å²) in [5.74, 6) is 6.52. The zero-order valence-electron chi connectivity index (χ0n) is 11.3. The Labute approximate surface area is 113 Å². The highest BCUT2D eigenvalue weighted by atomic mass is 16.5. The third kappa shape index (κ3) is 3.56. The fourth-order valence-electron chi connectivity index (χ4n) is 2.02. The van der Waals surface area contributed by atoms with Crippen LogP contribution < -0.4 is 16.0 Å². The van der Waals surface area contributed by atoms with Crippen molar-refractivity contribution in [2.24, 2.45) is 12.9 Å². The number of hydrogen-bond acceptors (Lipinski definition) is 4. The van der Waals surface area contributed by atoms with Crippen LogP contribution in [0.25, 0.3) is 0 Å². The first-order valence-electron chi connectivity index (χ1n) is 6.40. The molecule has 0 fully saturated rings. The van der Waals surface area contributed by atoms with Crippen molar-refractivity contribution in [1.82, 2.24) is 15.2 Å². The lowest BCUT2D eigenvalue weighted by atomic mass is 10.0. The van der Waals surface area contributed by atoms with Crippen LogP contribution in [0.15, 0.2) is 36.5 Å². The number of aromatic nitrogens is 2. The molecule has 2 aromatic rings. The zero-order valence-corrected chi connectivity index (χ0v) is 11.3. The van der Waals surface area contributed by atoms with Crippen LogP contribution in [0.4, 0.5) is 0 Å². The van der Waals surface area contributed by atoms with E-state index in [4.69, 9.17) is 10.6 Å². The Morgan fingerprint density at radius 3 is 2.58 bits per heavy atom. The molecule has 0 aliphatic rings. The normalized spacial score (nSPS) is 12.4. The van der Waals surface area contributed by atoms with Gasteiger partial charge >= 0.3 is 0 Å². The summed E-state index contributed by atoms with van der Waals surface area (Å²) in [6, 6.07) is 10.0. The highest BCUT2D eigenvalue weighted by Gasteiger charge is 2.12. The van der Waals surface area contributed by atoms with E-state index in [0.717, 1.165) is 23.4 Å². The number of hydrazine groups is 1. The van der Waals surface area contributed by atoms with Gasteiger partial charge in [-0.3, -0.25) is 16.0 Å². The molecule has 1 aromatic carbocycles. The van der Waals surface area contributed by atoms with E-state index in [2.05, 4.69) is 10.5 Å². The average Bonchev–Trinajstić information content (AvgIpc) is 2.83. The lowest BCUT2D eigenvalue weighted by molar-refractivity contribution is 0.340. The van der Waals surface area contributed by atoms with Crippen LogP contribution in [0.1, 0.15) is 24.2 Å². The number of benzene rings is 1. The van der Waals surface area contributed by atoms with E-state index in [-0.39, 0.29) is 6.04 Å². The highest BCUT2D eigenvalue weighted by Crippen LogP contribution is 2.20. The molecule has 19 heavy (non-hydrogen) atoms. The van der Waals surface area contributed by atoms with Gasteiger partial charge in [0.25, 0.3) is 0 Å². The summed E-state index contributed by atoms with van der Waals surface area (Å²) in [6.45, 7) is 2.64. The molecule has 0 saturated carbocycles. The Hall–Kier alpha value is -1.85. The largest absolute Gasteiger partial charge is 0.494 e. The minimum Gasteiger partial charge on any atom is -0.494 e. The van der Waals surface area contributed by atoms with Crippen molar-refractivity contribution in [3.63, 3.8) is 0 Å². The third-order valence-electron chi connectivity index (χ3n) is 2.98. The number of ether oxygens (including phenoxy) is 1. The van der Waals surface area contributed by atoms with Crippen LogP contribution in [-0.2, 0) is 13.5 Å². The summed E-state index contributed by atoms with van der Waals surface area (Å²) in [5.41, 5.74) is 4.97. The molecule has 5 nitrogen and oxygen atoms in total. The molecule has 5 heteroatoms. The SMILES string of the molecule is CCOc1ccc(C(Cc2ccn(C)n2)NN)cc1. The first kappa shape index (κ1) is 13.6. The maximum Gasteiger partial charge on any atom is 0.119 e. The van der Waals surface area contributed by atoms with Gasteiger partial charge in [0.15, 0.2) is 0 Å². The minimum atomic E-state index is 0.0468. The van der Waals surface area contributed by atoms with Gasteiger partial charge < -0.3 is 4.74 Å². The van der Waals surface area contributed by atoms with Crippen molar-refractivity contribution in [1.29, 1.82) is 0 Å². The van der Waals surface area contributed by atoms with Gasteiger partial charge in [-0.2, -0.15) is 5.10 Å². The van der Waals surface area contributed by atoms with Crippen LogP contribution >= 0.6 is 0 Å². The predicted octanol–water partition coefficient (Wildman–Crippen LogP) is 1.57. The Morgan fingerprint density at radius 2 is 2.05 bits per heavy atom. The molecule has 0 saturated heterocycles. The Bertz CT molecular complexity index is 506. The second kappa shape index (κ2) is 6.36. The maximum atomic E-state index is 5.64. The molecule has 1 heterocycles. The minimum absolute atomic E-state index is 0.0468. The summed E-state index contributed by atoms with van der Waals surface area (Å²) in [5, 5.41) is 4.37. The first-order valence-corrected chi connectivity index (χ1v) is 6.40. The van der Waals surface area contributed by atoms with Gasteiger partial charge in [-0.25, -0.2) is 0 Å². The predicted molar refractivity (Wildman–Crippen MR) is 74.6 cm³/mol. The molecule has 1 atom stereocenters. The summed E-state index contributed by atoms with van der Waals surface area (Å²) in [6.07, 6.45) is 2.69. The van der Waals surface area contributed by atoms with Crippen molar-refractivity contribution in [2.45, 2.75) is 19.4 Å². The molecule has 0 aliphatic carbocycles. The quantitative estimate of drug-likeness (QED) is 0.611. The second-order valence-electron chi connectivity index (χ2n) is 4.41. The molecule has 1 aromatic heterocycles. The topological polar surface area (TPSA) is 65.1 Å². The number of nitrogens with zero attached hydrogens (tertiary/aromatic N) is 2. The van der Waals surface area contributed by atoms with Gasteiger partial charge in [0, 0.05) is 19.7 Å². The number of nitrogens with one attached hydrogen (secondary N) is 1. The van der Waals surface area contributed by atoms with E-state index >= 15 is 0 Å². The lowest BCUT2D eigenvalue weighted by Crippen LogP contribution is -2.29. The fourth-order valence-corrected chi connectivity index (χ4v) is 2.02. The van der Waals surface area contributed by atoms with E-state index < -0.39 is 0 Å². The second-order valence-corrected chi connectivity index (χ2v) is 4.41. The van der Waals surface area contributed by atoms with Gasteiger partial charge in [-0.05, 0) is 30.7 Å². The molecular weight excluding hydrogens is 240 g/mol.